The highest BCUT2D eigenvalue weighted by Crippen LogP contribution is 2.19. The molecule has 1 amide bonds. The number of benzene rings is 1. The lowest BCUT2D eigenvalue weighted by atomic mass is 10.0. The summed E-state index contributed by atoms with van der Waals surface area (Å²) in [6.45, 7) is 8.16. The average Bonchev–Trinajstić information content (AvgIpc) is 3.26. The van der Waals surface area contributed by atoms with Crippen molar-refractivity contribution in [3.05, 3.63) is 30.1 Å². The number of nitrogens with zero attached hydrogens (tertiary/aromatic N) is 2. The molecule has 0 bridgehead atoms. The van der Waals surface area contributed by atoms with Crippen LogP contribution in [0.15, 0.2) is 24.3 Å². The van der Waals surface area contributed by atoms with Gasteiger partial charge in [-0.2, -0.15) is 0 Å². The van der Waals surface area contributed by atoms with Crippen molar-refractivity contribution in [2.24, 2.45) is 5.92 Å². The van der Waals surface area contributed by atoms with Gasteiger partial charge in [-0.25, -0.2) is 4.98 Å². The molecule has 0 fully saturated rings. The van der Waals surface area contributed by atoms with Crippen molar-refractivity contribution >= 4 is 16.9 Å². The molecule has 2 rings (SSSR count). The van der Waals surface area contributed by atoms with Gasteiger partial charge in [0.15, 0.2) is 0 Å². The molecule has 4 nitrogen and oxygen atoms in total. The predicted octanol–water partition coefficient (Wildman–Crippen LogP) is 9.39. The van der Waals surface area contributed by atoms with E-state index in [2.05, 4.69) is 54.9 Å². The van der Waals surface area contributed by atoms with Gasteiger partial charge in [-0.3, -0.25) is 4.79 Å². The van der Waals surface area contributed by atoms with Gasteiger partial charge < -0.3 is 9.88 Å². The number of aromatic nitrogens is 2. The normalized spacial score (nSPS) is 11.6. The van der Waals surface area contributed by atoms with E-state index in [9.17, 15) is 4.79 Å². The van der Waals surface area contributed by atoms with Crippen LogP contribution in [0.5, 0.6) is 0 Å². The first-order valence-corrected chi connectivity index (χ1v) is 15.9. The van der Waals surface area contributed by atoms with E-state index in [0.717, 1.165) is 37.1 Å². The number of imidazole rings is 1. The monoisotopic (exact) mass is 511 g/mol. The minimum Gasteiger partial charge on any atom is -0.355 e. The molecule has 1 aromatic heterocycles. The number of rotatable bonds is 23. The maximum atomic E-state index is 12.4. The molecule has 2 aromatic rings. The Balaban J connectivity index is 1.58. The van der Waals surface area contributed by atoms with Gasteiger partial charge >= 0.3 is 0 Å². The average molecular weight is 512 g/mol. The Bertz CT molecular complexity index is 839. The highest BCUT2D eigenvalue weighted by molar-refractivity contribution is 5.78. The Labute approximate surface area is 228 Å². The molecule has 0 spiro atoms. The van der Waals surface area contributed by atoms with Crippen molar-refractivity contribution < 1.29 is 4.79 Å². The molecule has 1 heterocycles. The van der Waals surface area contributed by atoms with Gasteiger partial charge in [0.25, 0.3) is 0 Å². The first-order chi connectivity index (χ1) is 18.2. The van der Waals surface area contributed by atoms with Crippen LogP contribution in [0.1, 0.15) is 142 Å². The molecule has 0 aliphatic carbocycles. The van der Waals surface area contributed by atoms with E-state index in [0.29, 0.717) is 6.54 Å². The zero-order valence-electron chi connectivity index (χ0n) is 24.5. The van der Waals surface area contributed by atoms with Gasteiger partial charge in [0.05, 0.1) is 11.0 Å². The standard InChI is InChI=1S/C33H57N3O/c1-4-7-8-9-10-11-12-13-14-15-16-17-18-19-20-23-28-36-31-25-22-21-24-30(31)35-32(36)26-27-34-33(37)29(5-2)6-3/h21-22,24-25,29H,4-20,23,26-28H2,1-3H3,(H,34,37). The summed E-state index contributed by atoms with van der Waals surface area (Å²) in [4.78, 5) is 17.3. The molecule has 1 aromatic carbocycles. The Morgan fingerprint density at radius 3 is 1.81 bits per heavy atom. The number of hydrogen-bond acceptors (Lipinski definition) is 2. The highest BCUT2D eigenvalue weighted by Gasteiger charge is 2.15. The molecule has 0 aliphatic heterocycles. The number of carbonyl (C=O) groups excluding carboxylic acids is 1. The fourth-order valence-electron chi connectivity index (χ4n) is 5.49. The summed E-state index contributed by atoms with van der Waals surface area (Å²) in [7, 11) is 0. The van der Waals surface area contributed by atoms with Crippen molar-refractivity contribution in [3.8, 4) is 0 Å². The van der Waals surface area contributed by atoms with Crippen LogP contribution in [-0.2, 0) is 17.8 Å². The van der Waals surface area contributed by atoms with E-state index in [1.807, 2.05) is 0 Å². The predicted molar refractivity (Wildman–Crippen MR) is 160 cm³/mol. The fraction of sp³-hybridized carbons (Fsp3) is 0.758. The van der Waals surface area contributed by atoms with E-state index in [1.165, 1.54) is 108 Å². The third-order valence-electron chi connectivity index (χ3n) is 7.97. The maximum absolute atomic E-state index is 12.4. The van der Waals surface area contributed by atoms with Crippen LogP contribution in [0.3, 0.4) is 0 Å². The van der Waals surface area contributed by atoms with Crippen molar-refractivity contribution in [2.45, 2.75) is 149 Å². The van der Waals surface area contributed by atoms with E-state index in [4.69, 9.17) is 4.98 Å². The number of para-hydroxylation sites is 2. The molecule has 0 aliphatic rings. The molecule has 0 unspecified atom stereocenters. The van der Waals surface area contributed by atoms with Crippen LogP contribution in [0, 0.1) is 5.92 Å². The van der Waals surface area contributed by atoms with Crippen molar-refractivity contribution in [3.63, 3.8) is 0 Å². The minimum absolute atomic E-state index is 0.129. The third-order valence-corrected chi connectivity index (χ3v) is 7.97. The van der Waals surface area contributed by atoms with Gasteiger partial charge in [0, 0.05) is 25.4 Å². The van der Waals surface area contributed by atoms with E-state index in [-0.39, 0.29) is 11.8 Å². The van der Waals surface area contributed by atoms with Gasteiger partial charge in [0.2, 0.25) is 5.91 Å². The maximum Gasteiger partial charge on any atom is 0.223 e. The second-order valence-electron chi connectivity index (χ2n) is 11.0. The molecule has 0 atom stereocenters. The van der Waals surface area contributed by atoms with Crippen molar-refractivity contribution in [2.75, 3.05) is 6.54 Å². The summed E-state index contributed by atoms with van der Waals surface area (Å²) in [5.74, 6) is 1.42. The zero-order valence-corrected chi connectivity index (χ0v) is 24.5. The number of carbonyl (C=O) groups is 1. The summed E-state index contributed by atoms with van der Waals surface area (Å²) >= 11 is 0. The molecule has 1 N–H and O–H groups in total. The van der Waals surface area contributed by atoms with Crippen LogP contribution in [0.4, 0.5) is 0 Å². The highest BCUT2D eigenvalue weighted by atomic mass is 16.1. The molecule has 210 valence electrons. The van der Waals surface area contributed by atoms with Crippen LogP contribution >= 0.6 is 0 Å². The number of unbranched alkanes of at least 4 members (excludes halogenated alkanes) is 15. The minimum atomic E-state index is 0.129. The van der Waals surface area contributed by atoms with E-state index >= 15 is 0 Å². The Hall–Kier alpha value is -1.84. The lowest BCUT2D eigenvalue weighted by molar-refractivity contribution is -0.125. The van der Waals surface area contributed by atoms with Crippen molar-refractivity contribution in [1.82, 2.24) is 14.9 Å². The van der Waals surface area contributed by atoms with E-state index < -0.39 is 0 Å². The number of aryl methyl sites for hydroxylation is 1. The Morgan fingerprint density at radius 2 is 1.27 bits per heavy atom. The second kappa shape index (κ2) is 20.2. The number of hydrogen-bond donors (Lipinski definition) is 1. The topological polar surface area (TPSA) is 46.9 Å². The molecule has 4 heteroatoms. The Morgan fingerprint density at radius 1 is 0.757 bits per heavy atom. The largest absolute Gasteiger partial charge is 0.355 e. The molecule has 0 radical (unpaired) electrons. The van der Waals surface area contributed by atoms with Crippen LogP contribution in [0.25, 0.3) is 11.0 Å². The Kier molecular flexibility index (Phi) is 17.1. The number of amides is 1. The quantitative estimate of drug-likeness (QED) is 0.151. The smallest absolute Gasteiger partial charge is 0.223 e. The molecular weight excluding hydrogens is 454 g/mol. The third kappa shape index (κ3) is 12.5. The van der Waals surface area contributed by atoms with Gasteiger partial charge in [-0.15, -0.1) is 0 Å². The molecule has 37 heavy (non-hydrogen) atoms. The van der Waals surface area contributed by atoms with Gasteiger partial charge in [0.1, 0.15) is 5.82 Å². The lowest BCUT2D eigenvalue weighted by Crippen LogP contribution is -2.32. The number of nitrogens with one attached hydrogen (secondary N) is 1. The molecular formula is C33H57N3O. The first kappa shape index (κ1) is 31.4. The number of fused-ring (bicyclic) bond motifs is 1. The molecule has 0 saturated heterocycles. The van der Waals surface area contributed by atoms with Gasteiger partial charge in [-0.1, -0.05) is 129 Å². The zero-order chi connectivity index (χ0) is 26.6. The van der Waals surface area contributed by atoms with Crippen molar-refractivity contribution in [1.29, 1.82) is 0 Å². The lowest BCUT2D eigenvalue weighted by Gasteiger charge is -2.13. The van der Waals surface area contributed by atoms with E-state index in [1.54, 1.807) is 0 Å². The van der Waals surface area contributed by atoms with Crippen LogP contribution in [-0.4, -0.2) is 22.0 Å². The summed E-state index contributed by atoms with van der Waals surface area (Å²) in [5, 5.41) is 3.14. The molecule has 0 saturated carbocycles. The second-order valence-corrected chi connectivity index (χ2v) is 11.0. The summed E-state index contributed by atoms with van der Waals surface area (Å²) < 4.78 is 2.39. The summed E-state index contributed by atoms with van der Waals surface area (Å²) in [6.07, 6.45) is 24.9. The van der Waals surface area contributed by atoms with Gasteiger partial charge in [-0.05, 0) is 31.4 Å². The van der Waals surface area contributed by atoms with Crippen LogP contribution in [0.2, 0.25) is 0 Å². The first-order valence-electron chi connectivity index (χ1n) is 15.9. The SMILES string of the molecule is CCCCCCCCCCCCCCCCCCn1c(CCNC(=O)C(CC)CC)nc2ccccc21. The summed E-state index contributed by atoms with van der Waals surface area (Å²) in [5.41, 5.74) is 2.30. The fourth-order valence-corrected chi connectivity index (χ4v) is 5.49. The summed E-state index contributed by atoms with van der Waals surface area (Å²) in [6, 6.07) is 8.45. The van der Waals surface area contributed by atoms with Crippen LogP contribution < -0.4 is 5.32 Å².